The van der Waals surface area contributed by atoms with Gasteiger partial charge in [-0.25, -0.2) is 17.6 Å². The monoisotopic (exact) mass is 652 g/mol. The molecule has 2 fully saturated rings. The molecule has 1 spiro atoms. The molecule has 3 N–H and O–H groups in total. The van der Waals surface area contributed by atoms with Gasteiger partial charge in [0.25, 0.3) is 21.5 Å². The molecular weight excluding hydrogens is 629 g/mol. The number of carbonyl (C=O) groups excluding carboxylic acids is 3. The number of nitrogens with one attached hydrogen (secondary N) is 2. The van der Waals surface area contributed by atoms with Crippen LogP contribution in [-0.2, 0) is 31.6 Å². The first-order chi connectivity index (χ1) is 20.3. The van der Waals surface area contributed by atoms with E-state index >= 15 is 0 Å². The van der Waals surface area contributed by atoms with Crippen LogP contribution >= 0.6 is 0 Å². The third-order valence-corrected chi connectivity index (χ3v) is 9.93. The number of aryl methyl sites for hydroxylation is 1. The molecule has 0 radical (unpaired) electrons. The number of amides is 4. The van der Waals surface area contributed by atoms with Crippen LogP contribution in [0.2, 0.25) is 0 Å². The van der Waals surface area contributed by atoms with Crippen molar-refractivity contribution in [3.8, 4) is 0 Å². The van der Waals surface area contributed by atoms with Crippen LogP contribution in [-0.4, -0.2) is 73.3 Å². The van der Waals surface area contributed by atoms with Crippen molar-refractivity contribution in [2.45, 2.75) is 60.1 Å². The van der Waals surface area contributed by atoms with Crippen molar-refractivity contribution in [2.75, 3.05) is 17.4 Å². The number of aliphatic hydroxyl groups is 1. The Bertz CT molecular complexity index is 1620. The van der Waals surface area contributed by atoms with Crippen LogP contribution in [0.25, 0.3) is 0 Å². The summed E-state index contributed by atoms with van der Waals surface area (Å²) in [4.78, 5) is 38.0. The quantitative estimate of drug-likeness (QED) is 0.336. The van der Waals surface area contributed by atoms with E-state index in [1.54, 1.807) is 0 Å². The summed E-state index contributed by atoms with van der Waals surface area (Å²) in [6.07, 6.45) is -13.3. The Labute approximate surface area is 244 Å². The molecule has 2 atom stereocenters. The van der Waals surface area contributed by atoms with Crippen LogP contribution in [0.3, 0.4) is 0 Å². The van der Waals surface area contributed by atoms with Gasteiger partial charge < -0.3 is 15.3 Å². The van der Waals surface area contributed by atoms with Crippen LogP contribution in [0.1, 0.15) is 30.4 Å². The van der Waals surface area contributed by atoms with Crippen LogP contribution in [0.15, 0.2) is 47.4 Å². The zero-order valence-electron chi connectivity index (χ0n) is 22.3. The number of rotatable bonds is 5. The average Bonchev–Trinajstić information content (AvgIpc) is 3.48. The van der Waals surface area contributed by atoms with Gasteiger partial charge in [-0.05, 0) is 55.2 Å². The number of alkyl halides is 6. The van der Waals surface area contributed by atoms with Gasteiger partial charge in [-0.3, -0.25) is 19.2 Å². The second-order valence-electron chi connectivity index (χ2n) is 10.8. The summed E-state index contributed by atoms with van der Waals surface area (Å²) in [6, 6.07) is 2.95. The largest absolute Gasteiger partial charge is 0.430 e. The number of imide groups is 1. The maximum Gasteiger partial charge on any atom is 0.430 e. The highest BCUT2D eigenvalue weighted by Gasteiger charge is 2.71. The molecule has 3 aliphatic rings. The van der Waals surface area contributed by atoms with E-state index in [0.717, 1.165) is 24.3 Å². The summed E-state index contributed by atoms with van der Waals surface area (Å²) in [5.74, 6) is -2.06. The van der Waals surface area contributed by atoms with Gasteiger partial charge in [0.05, 0.1) is 23.2 Å². The van der Waals surface area contributed by atoms with Crippen molar-refractivity contribution in [1.29, 1.82) is 0 Å². The summed E-state index contributed by atoms with van der Waals surface area (Å²) in [5.41, 5.74) is -8.82. The molecule has 10 nitrogen and oxygen atoms in total. The van der Waals surface area contributed by atoms with Crippen LogP contribution in [0.5, 0.6) is 0 Å². The lowest BCUT2D eigenvalue weighted by Gasteiger charge is -2.39. The Balaban J connectivity index is 1.52. The summed E-state index contributed by atoms with van der Waals surface area (Å²) >= 11 is 0. The molecule has 4 amide bonds. The van der Waals surface area contributed by atoms with E-state index in [9.17, 15) is 58.6 Å². The van der Waals surface area contributed by atoms with E-state index in [-0.39, 0.29) is 43.6 Å². The number of carbonyl (C=O) groups is 3. The summed E-state index contributed by atoms with van der Waals surface area (Å²) in [5, 5.41) is 14.4. The van der Waals surface area contributed by atoms with Crippen LogP contribution in [0, 0.1) is 5.82 Å². The number of hydrogen-bond donors (Lipinski definition) is 3. The molecule has 3 aliphatic heterocycles. The Hall–Kier alpha value is -3.93. The molecule has 3 heterocycles. The molecular formula is C26H23F7N4O6S. The van der Waals surface area contributed by atoms with Gasteiger partial charge in [-0.2, -0.15) is 26.3 Å². The van der Waals surface area contributed by atoms with E-state index in [4.69, 9.17) is 0 Å². The first kappa shape index (κ1) is 31.5. The standard InChI is InChI=1S/C26H23F7N4O6S/c27-16-3-6-18(7-4-16)44(42,43)37-17(12-20(38)36-10-9-23(13-36)21(39)34-22(40)35-23)5-1-14-11-15(2-8-19(14)37)24(41,25(28,29)30)26(31,32)33/h2-4,6-8,11,17,41H,1,5,9-10,12-13H2,(H2,34,35,39,40). The van der Waals surface area contributed by atoms with Crippen molar-refractivity contribution < 1.29 is 58.6 Å². The molecule has 0 saturated carbocycles. The molecule has 2 aromatic carbocycles. The molecule has 2 unspecified atom stereocenters. The van der Waals surface area contributed by atoms with E-state index < -0.39 is 80.1 Å². The second-order valence-corrected chi connectivity index (χ2v) is 12.6. The fourth-order valence-corrected chi connectivity index (χ4v) is 7.47. The van der Waals surface area contributed by atoms with E-state index in [0.29, 0.717) is 22.5 Å². The van der Waals surface area contributed by atoms with Gasteiger partial charge in [0.15, 0.2) is 0 Å². The lowest BCUT2D eigenvalue weighted by Crippen LogP contribution is -2.54. The third kappa shape index (κ3) is 5.02. The van der Waals surface area contributed by atoms with Gasteiger partial charge in [-0.1, -0.05) is 12.1 Å². The van der Waals surface area contributed by atoms with Gasteiger partial charge >= 0.3 is 18.4 Å². The topological polar surface area (TPSA) is 136 Å². The predicted molar refractivity (Wildman–Crippen MR) is 136 cm³/mol. The number of benzene rings is 2. The second kappa shape index (κ2) is 10.3. The molecule has 5 rings (SSSR count). The Morgan fingerprint density at radius 1 is 1.02 bits per heavy atom. The lowest BCUT2D eigenvalue weighted by atomic mass is 9.87. The van der Waals surface area contributed by atoms with Crippen molar-refractivity contribution in [3.63, 3.8) is 0 Å². The van der Waals surface area contributed by atoms with Crippen LogP contribution < -0.4 is 14.9 Å². The first-order valence-electron chi connectivity index (χ1n) is 13.0. The molecule has 2 saturated heterocycles. The molecule has 18 heteroatoms. The van der Waals surface area contributed by atoms with Gasteiger partial charge in [0.2, 0.25) is 5.91 Å². The van der Waals surface area contributed by atoms with Crippen molar-refractivity contribution in [2.24, 2.45) is 0 Å². The number of likely N-dealkylation sites (tertiary alicyclic amines) is 1. The molecule has 2 aromatic rings. The highest BCUT2D eigenvalue weighted by Crippen LogP contribution is 2.51. The van der Waals surface area contributed by atoms with E-state index in [1.165, 1.54) is 4.90 Å². The minimum atomic E-state index is -6.17. The van der Waals surface area contributed by atoms with Crippen molar-refractivity contribution in [1.82, 2.24) is 15.5 Å². The number of anilines is 1. The third-order valence-electron chi connectivity index (χ3n) is 8.05. The number of urea groups is 1. The highest BCUT2D eigenvalue weighted by molar-refractivity contribution is 7.92. The molecule has 238 valence electrons. The maximum absolute atomic E-state index is 13.8. The molecule has 0 bridgehead atoms. The summed E-state index contributed by atoms with van der Waals surface area (Å²) < 4.78 is 123. The van der Waals surface area contributed by atoms with Gasteiger partial charge in [-0.15, -0.1) is 0 Å². The Morgan fingerprint density at radius 3 is 2.23 bits per heavy atom. The van der Waals surface area contributed by atoms with E-state index in [2.05, 4.69) is 10.6 Å². The molecule has 44 heavy (non-hydrogen) atoms. The zero-order valence-corrected chi connectivity index (χ0v) is 23.1. The fraction of sp³-hybridized carbons (Fsp3) is 0.423. The number of sulfonamides is 1. The Kier molecular flexibility index (Phi) is 7.39. The maximum atomic E-state index is 13.8. The SMILES string of the molecule is O=C1NC(=O)C2(CCN(C(=O)CC3CCc4cc(C(O)(C(F)(F)F)C(F)(F)F)ccc4N3S(=O)(=O)c3ccc(F)cc3)C2)N1. The van der Waals surface area contributed by atoms with Gasteiger partial charge in [0, 0.05) is 18.5 Å². The van der Waals surface area contributed by atoms with E-state index in [1.807, 2.05) is 0 Å². The minimum Gasteiger partial charge on any atom is -0.369 e. The van der Waals surface area contributed by atoms with Crippen molar-refractivity contribution in [3.05, 3.63) is 59.4 Å². The minimum absolute atomic E-state index is 0.0252. The lowest BCUT2D eigenvalue weighted by molar-refractivity contribution is -0.376. The van der Waals surface area contributed by atoms with Gasteiger partial charge in [0.1, 0.15) is 11.4 Å². The number of halogens is 7. The average molecular weight is 653 g/mol. The smallest absolute Gasteiger partial charge is 0.369 e. The number of fused-ring (bicyclic) bond motifs is 1. The fourth-order valence-electron chi connectivity index (χ4n) is 5.75. The summed E-state index contributed by atoms with van der Waals surface area (Å²) in [6.45, 7) is -0.189. The molecule has 0 aliphatic carbocycles. The Morgan fingerprint density at radius 2 is 1.66 bits per heavy atom. The highest BCUT2D eigenvalue weighted by atomic mass is 32.2. The molecule has 0 aromatic heterocycles. The first-order valence-corrected chi connectivity index (χ1v) is 14.4. The normalized spacial score (nSPS) is 22.7. The summed E-state index contributed by atoms with van der Waals surface area (Å²) in [7, 11) is -4.69. The number of nitrogens with zero attached hydrogens (tertiary/aromatic N) is 2. The number of hydrogen-bond acceptors (Lipinski definition) is 6. The van der Waals surface area contributed by atoms with Crippen LogP contribution in [0.4, 0.5) is 41.2 Å². The van der Waals surface area contributed by atoms with Crippen molar-refractivity contribution >= 4 is 33.6 Å². The predicted octanol–water partition coefficient (Wildman–Crippen LogP) is 2.85. The zero-order chi connectivity index (χ0) is 32.5.